The minimum Gasteiger partial charge on any atom is -0.331 e. The van der Waals surface area contributed by atoms with Crippen molar-refractivity contribution in [3.8, 4) is 0 Å². The largest absolute Gasteiger partial charge is 0.471 e. The highest BCUT2D eigenvalue weighted by atomic mass is 32.2. The van der Waals surface area contributed by atoms with Crippen molar-refractivity contribution in [2.45, 2.75) is 37.9 Å². The maximum atomic E-state index is 12.7. The molecule has 1 N–H and O–H groups in total. The maximum absolute atomic E-state index is 12.7. The zero-order chi connectivity index (χ0) is 23.2. The Hall–Kier alpha value is -2.88. The Bertz CT molecular complexity index is 1050. The first kappa shape index (κ1) is 24.4. The van der Waals surface area contributed by atoms with Gasteiger partial charge in [-0.3, -0.25) is 9.59 Å². The average Bonchev–Trinajstić information content (AvgIpc) is 2.71. The van der Waals surface area contributed by atoms with Crippen molar-refractivity contribution >= 4 is 27.3 Å². The van der Waals surface area contributed by atoms with Crippen LogP contribution in [0.5, 0.6) is 0 Å². The topological polar surface area (TPSA) is 83.6 Å². The van der Waals surface area contributed by atoms with E-state index in [1.54, 1.807) is 6.92 Å². The molecule has 0 fully saturated rings. The van der Waals surface area contributed by atoms with E-state index in [0.29, 0.717) is 16.9 Å². The van der Waals surface area contributed by atoms with Crippen LogP contribution in [0.2, 0.25) is 0 Å². The number of benzene rings is 2. The minimum absolute atomic E-state index is 0.0243. The van der Waals surface area contributed by atoms with Gasteiger partial charge in [-0.1, -0.05) is 31.2 Å². The molecule has 0 heterocycles. The highest BCUT2D eigenvalue weighted by Crippen LogP contribution is 2.22. The van der Waals surface area contributed by atoms with Crippen molar-refractivity contribution in [1.82, 2.24) is 4.90 Å². The number of sulfone groups is 1. The van der Waals surface area contributed by atoms with Crippen LogP contribution >= 0.6 is 0 Å². The molecule has 0 saturated heterocycles. The first-order chi connectivity index (χ1) is 14.5. The number of nitrogens with one attached hydrogen (secondary N) is 1. The molecule has 0 aromatic heterocycles. The number of rotatable bonds is 8. The van der Waals surface area contributed by atoms with Crippen molar-refractivity contribution in [2.24, 2.45) is 0 Å². The molecule has 0 aliphatic carbocycles. The molecule has 0 aliphatic rings. The molecule has 0 atom stereocenters. The van der Waals surface area contributed by atoms with Gasteiger partial charge in [0.1, 0.15) is 0 Å². The van der Waals surface area contributed by atoms with E-state index in [1.807, 2.05) is 0 Å². The highest BCUT2D eigenvalue weighted by Gasteiger charge is 2.41. The highest BCUT2D eigenvalue weighted by molar-refractivity contribution is 7.91. The van der Waals surface area contributed by atoms with E-state index in [-0.39, 0.29) is 35.0 Å². The summed E-state index contributed by atoms with van der Waals surface area (Å²) in [5, 5.41) is 2.57. The van der Waals surface area contributed by atoms with Crippen LogP contribution in [0.1, 0.15) is 36.2 Å². The molecule has 2 rings (SSSR count). The fraction of sp³-hybridized carbons (Fsp3) is 0.333. The van der Waals surface area contributed by atoms with Gasteiger partial charge in [-0.15, -0.1) is 0 Å². The molecule has 0 unspecified atom stereocenters. The minimum atomic E-state index is -4.98. The SMILES string of the molecule is CCCS(=O)(=O)c1ccccc1C(=O)Nc1cccc(CN(CC)C(=O)C(F)(F)F)c1. The summed E-state index contributed by atoms with van der Waals surface area (Å²) in [6.07, 6.45) is -4.58. The smallest absolute Gasteiger partial charge is 0.331 e. The predicted octanol–water partition coefficient (Wildman–Crippen LogP) is 4.03. The average molecular weight is 456 g/mol. The van der Waals surface area contributed by atoms with Crippen LogP contribution in [0.15, 0.2) is 53.4 Å². The van der Waals surface area contributed by atoms with Crippen LogP contribution < -0.4 is 5.32 Å². The lowest BCUT2D eigenvalue weighted by Crippen LogP contribution is -2.40. The Kier molecular flexibility index (Phi) is 7.83. The van der Waals surface area contributed by atoms with Crippen LogP contribution in [0.3, 0.4) is 0 Å². The third kappa shape index (κ3) is 6.30. The van der Waals surface area contributed by atoms with Crippen molar-refractivity contribution in [3.05, 3.63) is 59.7 Å². The number of carbonyl (C=O) groups excluding carboxylic acids is 2. The fourth-order valence-electron chi connectivity index (χ4n) is 2.98. The zero-order valence-electron chi connectivity index (χ0n) is 17.1. The van der Waals surface area contributed by atoms with E-state index in [9.17, 15) is 31.2 Å². The maximum Gasteiger partial charge on any atom is 0.471 e. The van der Waals surface area contributed by atoms with Gasteiger partial charge >= 0.3 is 12.1 Å². The van der Waals surface area contributed by atoms with E-state index >= 15 is 0 Å². The van der Waals surface area contributed by atoms with Crippen LogP contribution in [0.25, 0.3) is 0 Å². The molecule has 0 saturated carbocycles. The summed E-state index contributed by atoms with van der Waals surface area (Å²) < 4.78 is 63.1. The lowest BCUT2D eigenvalue weighted by atomic mass is 10.1. The molecule has 31 heavy (non-hydrogen) atoms. The Morgan fingerprint density at radius 3 is 2.32 bits per heavy atom. The van der Waals surface area contributed by atoms with Crippen LogP contribution in [-0.2, 0) is 21.2 Å². The molecular weight excluding hydrogens is 433 g/mol. The van der Waals surface area contributed by atoms with Crippen molar-refractivity contribution < 1.29 is 31.2 Å². The Balaban J connectivity index is 2.24. The summed E-state index contributed by atoms with van der Waals surface area (Å²) in [6.45, 7) is 2.72. The summed E-state index contributed by atoms with van der Waals surface area (Å²) in [4.78, 5) is 24.8. The number of alkyl halides is 3. The molecule has 2 aromatic rings. The molecule has 0 bridgehead atoms. The van der Waals surface area contributed by atoms with Crippen LogP contribution in [0, 0.1) is 0 Å². The lowest BCUT2D eigenvalue weighted by Gasteiger charge is -2.22. The number of hydrogen-bond donors (Lipinski definition) is 1. The standard InChI is InChI=1S/C21H23F3N2O4S/c1-3-12-31(29,30)18-11-6-5-10-17(18)19(27)25-16-9-7-8-15(13-16)14-26(4-2)20(28)21(22,23)24/h5-11,13H,3-4,12,14H2,1-2H3,(H,25,27). The van der Waals surface area contributed by atoms with E-state index in [2.05, 4.69) is 5.32 Å². The summed E-state index contributed by atoms with van der Waals surface area (Å²) in [7, 11) is -3.64. The van der Waals surface area contributed by atoms with Crippen molar-refractivity contribution in [3.63, 3.8) is 0 Å². The van der Waals surface area contributed by atoms with Crippen LogP contribution in [-0.4, -0.2) is 43.6 Å². The van der Waals surface area contributed by atoms with Gasteiger partial charge in [0.15, 0.2) is 9.84 Å². The number of carbonyl (C=O) groups is 2. The van der Waals surface area contributed by atoms with Gasteiger partial charge in [0.2, 0.25) is 0 Å². The number of nitrogens with zero attached hydrogens (tertiary/aromatic N) is 1. The predicted molar refractivity (Wildman–Crippen MR) is 110 cm³/mol. The quantitative estimate of drug-likeness (QED) is 0.650. The number of anilines is 1. The molecule has 6 nitrogen and oxygen atoms in total. The van der Waals surface area contributed by atoms with Gasteiger partial charge in [-0.2, -0.15) is 13.2 Å². The van der Waals surface area contributed by atoms with E-state index in [1.165, 1.54) is 55.5 Å². The molecule has 168 valence electrons. The zero-order valence-corrected chi connectivity index (χ0v) is 17.9. The van der Waals surface area contributed by atoms with Gasteiger partial charge in [0, 0.05) is 18.8 Å². The van der Waals surface area contributed by atoms with Gasteiger partial charge in [-0.25, -0.2) is 8.42 Å². The summed E-state index contributed by atoms with van der Waals surface area (Å²) in [5.74, 6) is -2.71. The third-order valence-corrected chi connectivity index (χ3v) is 6.38. The number of halogens is 3. The number of amides is 2. The van der Waals surface area contributed by atoms with E-state index in [0.717, 1.165) is 0 Å². The van der Waals surface area contributed by atoms with Gasteiger partial charge in [-0.05, 0) is 43.2 Å². The second-order valence-electron chi connectivity index (χ2n) is 6.79. The first-order valence-corrected chi connectivity index (χ1v) is 11.2. The molecule has 0 radical (unpaired) electrons. The molecule has 0 aliphatic heterocycles. The third-order valence-electron chi connectivity index (χ3n) is 4.41. The summed E-state index contributed by atoms with van der Waals surface area (Å²) in [6, 6.07) is 11.8. The second kappa shape index (κ2) is 9.95. The van der Waals surface area contributed by atoms with E-state index < -0.39 is 27.8 Å². The summed E-state index contributed by atoms with van der Waals surface area (Å²) in [5.41, 5.74) is 0.619. The molecule has 2 amide bonds. The van der Waals surface area contributed by atoms with Gasteiger partial charge in [0.25, 0.3) is 5.91 Å². The summed E-state index contributed by atoms with van der Waals surface area (Å²) >= 11 is 0. The Labute approximate surface area is 179 Å². The lowest BCUT2D eigenvalue weighted by molar-refractivity contribution is -0.185. The van der Waals surface area contributed by atoms with E-state index in [4.69, 9.17) is 0 Å². The van der Waals surface area contributed by atoms with Crippen LogP contribution in [0.4, 0.5) is 18.9 Å². The van der Waals surface area contributed by atoms with Gasteiger partial charge < -0.3 is 10.2 Å². The number of hydrogen-bond acceptors (Lipinski definition) is 4. The second-order valence-corrected chi connectivity index (χ2v) is 8.86. The monoisotopic (exact) mass is 456 g/mol. The molecular formula is C21H23F3N2O4S. The Morgan fingerprint density at radius 1 is 1.03 bits per heavy atom. The fourth-order valence-corrected chi connectivity index (χ4v) is 4.52. The molecule has 0 spiro atoms. The Morgan fingerprint density at radius 2 is 1.71 bits per heavy atom. The van der Waals surface area contributed by atoms with Crippen molar-refractivity contribution in [1.29, 1.82) is 0 Å². The molecule has 10 heteroatoms. The van der Waals surface area contributed by atoms with Crippen molar-refractivity contribution in [2.75, 3.05) is 17.6 Å². The van der Waals surface area contributed by atoms with Gasteiger partial charge in [0.05, 0.1) is 16.2 Å². The normalized spacial score (nSPS) is 11.8. The first-order valence-electron chi connectivity index (χ1n) is 9.57. The molecule has 2 aromatic carbocycles.